The van der Waals surface area contributed by atoms with E-state index in [9.17, 15) is 0 Å². The molecule has 0 saturated heterocycles. The van der Waals surface area contributed by atoms with E-state index < -0.39 is 0 Å². The van der Waals surface area contributed by atoms with E-state index in [1.807, 2.05) is 6.20 Å². The molecule has 0 spiro atoms. The molecule has 128 valence electrons. The van der Waals surface area contributed by atoms with Crippen molar-refractivity contribution in [2.24, 2.45) is 0 Å². The van der Waals surface area contributed by atoms with Gasteiger partial charge in [0.05, 0.1) is 22.0 Å². The van der Waals surface area contributed by atoms with Gasteiger partial charge in [0.15, 0.2) is 5.82 Å². The molecule has 0 atom stereocenters. The van der Waals surface area contributed by atoms with E-state index >= 15 is 0 Å². The van der Waals surface area contributed by atoms with E-state index in [-0.39, 0.29) is 0 Å². The van der Waals surface area contributed by atoms with Gasteiger partial charge in [0.2, 0.25) is 0 Å². The van der Waals surface area contributed by atoms with Crippen molar-refractivity contribution in [2.75, 3.05) is 6.54 Å². The highest BCUT2D eigenvalue weighted by Crippen LogP contribution is 2.23. The standard InChI is InChI=1S/C18H20N6S/c1-12(2)18-22-15(10-25-18)9-24-4-3-16-14(8-24)7-21-17(23-16)13-5-19-11-20-6-13/h5-7,10-12H,3-4,8-9H2,1-2H3. The van der Waals surface area contributed by atoms with E-state index in [1.54, 1.807) is 23.7 Å². The molecule has 3 aromatic rings. The Labute approximate surface area is 151 Å². The lowest BCUT2D eigenvalue weighted by Gasteiger charge is -2.27. The molecule has 6 nitrogen and oxygen atoms in total. The van der Waals surface area contributed by atoms with Crippen LogP contribution in [0.15, 0.2) is 30.3 Å². The van der Waals surface area contributed by atoms with Gasteiger partial charge in [-0.25, -0.2) is 24.9 Å². The minimum Gasteiger partial charge on any atom is -0.293 e. The van der Waals surface area contributed by atoms with Gasteiger partial charge in [-0.2, -0.15) is 0 Å². The first-order valence-corrected chi connectivity index (χ1v) is 9.34. The van der Waals surface area contributed by atoms with Crippen molar-refractivity contribution in [1.29, 1.82) is 0 Å². The molecule has 0 amide bonds. The second kappa shape index (κ2) is 6.93. The summed E-state index contributed by atoms with van der Waals surface area (Å²) in [6, 6.07) is 0. The molecule has 0 aliphatic carbocycles. The second-order valence-electron chi connectivity index (χ2n) is 6.59. The van der Waals surface area contributed by atoms with Crippen LogP contribution in [0.4, 0.5) is 0 Å². The first-order valence-electron chi connectivity index (χ1n) is 8.46. The lowest BCUT2D eigenvalue weighted by molar-refractivity contribution is 0.240. The smallest absolute Gasteiger partial charge is 0.162 e. The Kier molecular flexibility index (Phi) is 4.50. The SMILES string of the molecule is CC(C)c1nc(CN2CCc3nc(-c4cncnc4)ncc3C2)cs1. The largest absolute Gasteiger partial charge is 0.293 e. The molecule has 0 fully saturated rings. The van der Waals surface area contributed by atoms with Gasteiger partial charge in [-0.3, -0.25) is 4.90 Å². The highest BCUT2D eigenvalue weighted by atomic mass is 32.1. The van der Waals surface area contributed by atoms with Crippen molar-refractivity contribution in [3.8, 4) is 11.4 Å². The van der Waals surface area contributed by atoms with Crippen molar-refractivity contribution in [3.05, 3.63) is 52.3 Å². The maximum Gasteiger partial charge on any atom is 0.162 e. The molecule has 4 heterocycles. The van der Waals surface area contributed by atoms with Gasteiger partial charge in [0.25, 0.3) is 0 Å². The fraction of sp³-hybridized carbons (Fsp3) is 0.389. The third-order valence-electron chi connectivity index (χ3n) is 4.28. The number of thiazole rings is 1. The summed E-state index contributed by atoms with van der Waals surface area (Å²) in [7, 11) is 0. The molecule has 4 rings (SSSR count). The Bertz CT molecular complexity index is 861. The second-order valence-corrected chi connectivity index (χ2v) is 7.47. The van der Waals surface area contributed by atoms with E-state index in [0.717, 1.165) is 43.0 Å². The third-order valence-corrected chi connectivity index (χ3v) is 5.47. The number of hydrogen-bond donors (Lipinski definition) is 0. The van der Waals surface area contributed by atoms with Crippen LogP contribution in [0.2, 0.25) is 0 Å². The number of aromatic nitrogens is 5. The molecule has 0 saturated carbocycles. The number of hydrogen-bond acceptors (Lipinski definition) is 7. The van der Waals surface area contributed by atoms with Crippen LogP contribution in [-0.2, 0) is 19.5 Å². The van der Waals surface area contributed by atoms with Crippen molar-refractivity contribution in [2.45, 2.75) is 39.3 Å². The van der Waals surface area contributed by atoms with Crippen molar-refractivity contribution in [3.63, 3.8) is 0 Å². The van der Waals surface area contributed by atoms with Crippen LogP contribution < -0.4 is 0 Å². The first kappa shape index (κ1) is 16.2. The summed E-state index contributed by atoms with van der Waals surface area (Å²) < 4.78 is 0. The Hall–Kier alpha value is -2.25. The summed E-state index contributed by atoms with van der Waals surface area (Å²) >= 11 is 1.76. The summed E-state index contributed by atoms with van der Waals surface area (Å²) in [6.45, 7) is 7.12. The quantitative estimate of drug-likeness (QED) is 0.719. The van der Waals surface area contributed by atoms with E-state index in [1.165, 1.54) is 16.9 Å². The molecule has 25 heavy (non-hydrogen) atoms. The zero-order valence-electron chi connectivity index (χ0n) is 14.4. The monoisotopic (exact) mass is 352 g/mol. The zero-order valence-corrected chi connectivity index (χ0v) is 15.2. The van der Waals surface area contributed by atoms with Gasteiger partial charge in [0, 0.05) is 61.5 Å². The van der Waals surface area contributed by atoms with Crippen molar-refractivity contribution in [1.82, 2.24) is 29.8 Å². The number of rotatable bonds is 4. The Balaban J connectivity index is 1.48. The van der Waals surface area contributed by atoms with Crippen LogP contribution >= 0.6 is 11.3 Å². The van der Waals surface area contributed by atoms with Crippen molar-refractivity contribution >= 4 is 11.3 Å². The summed E-state index contributed by atoms with van der Waals surface area (Å²) in [5.41, 5.74) is 4.35. The first-order chi connectivity index (χ1) is 12.2. The van der Waals surface area contributed by atoms with E-state index in [4.69, 9.17) is 9.97 Å². The fourth-order valence-corrected chi connectivity index (χ4v) is 3.78. The molecule has 3 aromatic heterocycles. The third kappa shape index (κ3) is 3.57. The molecule has 0 N–H and O–H groups in total. The normalized spacial score (nSPS) is 14.7. The van der Waals surface area contributed by atoms with Gasteiger partial charge in [-0.05, 0) is 0 Å². The minimum atomic E-state index is 0.495. The Morgan fingerprint density at radius 1 is 1.16 bits per heavy atom. The highest BCUT2D eigenvalue weighted by molar-refractivity contribution is 7.09. The predicted molar refractivity (Wildman–Crippen MR) is 97.1 cm³/mol. The van der Waals surface area contributed by atoms with Gasteiger partial charge in [-0.1, -0.05) is 13.8 Å². The van der Waals surface area contributed by atoms with Gasteiger partial charge in [-0.15, -0.1) is 11.3 Å². The van der Waals surface area contributed by atoms with E-state index in [2.05, 4.69) is 39.1 Å². The van der Waals surface area contributed by atoms with Gasteiger partial charge < -0.3 is 0 Å². The molecule has 0 radical (unpaired) electrons. The van der Waals surface area contributed by atoms with E-state index in [0.29, 0.717) is 11.7 Å². The van der Waals surface area contributed by atoms with Crippen LogP contribution in [0.1, 0.15) is 41.7 Å². The summed E-state index contributed by atoms with van der Waals surface area (Å²) in [5.74, 6) is 1.20. The average Bonchev–Trinajstić information content (AvgIpc) is 3.11. The van der Waals surface area contributed by atoms with Gasteiger partial charge >= 0.3 is 0 Å². The van der Waals surface area contributed by atoms with Crippen LogP contribution in [0.25, 0.3) is 11.4 Å². The van der Waals surface area contributed by atoms with Crippen molar-refractivity contribution < 1.29 is 0 Å². The molecule has 0 aromatic carbocycles. The molecule has 1 aliphatic heterocycles. The average molecular weight is 352 g/mol. The predicted octanol–water partition coefficient (Wildman–Crippen LogP) is 3.07. The number of fused-ring (bicyclic) bond motifs is 1. The maximum atomic E-state index is 4.75. The molecular weight excluding hydrogens is 332 g/mol. The van der Waals surface area contributed by atoms with Crippen LogP contribution in [0.5, 0.6) is 0 Å². The summed E-state index contributed by atoms with van der Waals surface area (Å²) in [5, 5.41) is 3.39. The van der Waals surface area contributed by atoms with Gasteiger partial charge in [0.1, 0.15) is 6.33 Å². The van der Waals surface area contributed by atoms with Crippen LogP contribution in [0, 0.1) is 0 Å². The maximum absolute atomic E-state index is 4.75. The molecule has 1 aliphatic rings. The van der Waals surface area contributed by atoms with Crippen LogP contribution in [-0.4, -0.2) is 36.4 Å². The van der Waals surface area contributed by atoms with Crippen LogP contribution in [0.3, 0.4) is 0 Å². The molecule has 0 bridgehead atoms. The summed E-state index contributed by atoms with van der Waals surface area (Å²) in [6.07, 6.45) is 7.89. The molecule has 0 unspecified atom stereocenters. The fourth-order valence-electron chi connectivity index (χ4n) is 2.95. The Morgan fingerprint density at radius 3 is 2.76 bits per heavy atom. The topological polar surface area (TPSA) is 67.7 Å². The minimum absolute atomic E-state index is 0.495. The lowest BCUT2D eigenvalue weighted by atomic mass is 10.1. The highest BCUT2D eigenvalue weighted by Gasteiger charge is 2.20. The lowest BCUT2D eigenvalue weighted by Crippen LogP contribution is -2.31. The number of nitrogens with zero attached hydrogens (tertiary/aromatic N) is 6. The summed E-state index contributed by atoms with van der Waals surface area (Å²) in [4.78, 5) is 24.5. The zero-order chi connectivity index (χ0) is 17.2. The Morgan fingerprint density at radius 2 is 2.00 bits per heavy atom. The molecule has 7 heteroatoms. The molecular formula is C18H20N6S.